The van der Waals surface area contributed by atoms with Crippen LogP contribution in [0.1, 0.15) is 97.4 Å². The van der Waals surface area contributed by atoms with Crippen LogP contribution in [0.25, 0.3) is 0 Å². The number of rotatable bonds is 13. The van der Waals surface area contributed by atoms with Crippen molar-refractivity contribution in [1.29, 1.82) is 0 Å². The summed E-state index contributed by atoms with van der Waals surface area (Å²) in [5, 5.41) is 0. The molecular formula is C20H35NaO3S. The Hall–Kier alpha value is 0.130. The zero-order valence-electron chi connectivity index (χ0n) is 17.3. The molecule has 0 saturated heterocycles. The molecule has 0 heterocycles. The SMILES string of the molecule is CCCCCCCCCCCCC(C)c1ccc(S(=O)(=O)O)cc1.[H-].[Na+]. The van der Waals surface area contributed by atoms with E-state index in [-0.39, 0.29) is 35.9 Å². The molecule has 5 heteroatoms. The van der Waals surface area contributed by atoms with Crippen molar-refractivity contribution < 1.29 is 44.0 Å². The van der Waals surface area contributed by atoms with E-state index in [0.29, 0.717) is 5.92 Å². The van der Waals surface area contributed by atoms with Gasteiger partial charge in [-0.05, 0) is 30.0 Å². The largest absolute Gasteiger partial charge is 1.00 e. The Balaban J connectivity index is 0. The van der Waals surface area contributed by atoms with Gasteiger partial charge in [0.25, 0.3) is 10.1 Å². The number of hydrogen-bond donors (Lipinski definition) is 1. The smallest absolute Gasteiger partial charge is 1.00 e. The van der Waals surface area contributed by atoms with Crippen molar-refractivity contribution in [2.24, 2.45) is 0 Å². The molecule has 0 aliphatic rings. The summed E-state index contributed by atoms with van der Waals surface area (Å²) in [7, 11) is -4.08. The minimum absolute atomic E-state index is 0. The fourth-order valence-corrected chi connectivity index (χ4v) is 3.55. The van der Waals surface area contributed by atoms with Gasteiger partial charge in [-0.15, -0.1) is 0 Å². The molecule has 140 valence electrons. The van der Waals surface area contributed by atoms with E-state index in [2.05, 4.69) is 13.8 Å². The molecule has 0 bridgehead atoms. The molecule has 1 N–H and O–H groups in total. The molecular weight excluding hydrogens is 343 g/mol. The van der Waals surface area contributed by atoms with Crippen LogP contribution in [-0.4, -0.2) is 13.0 Å². The molecule has 1 aromatic rings. The molecule has 0 amide bonds. The standard InChI is InChI=1S/C20H34O3S.Na.H/c1-3-4-5-6-7-8-9-10-11-12-13-18(2)19-14-16-20(17-15-19)24(21,22)23;;/h14-18H,3-13H2,1-2H3,(H,21,22,23);;/q;+1;-1. The summed E-state index contributed by atoms with van der Waals surface area (Å²) in [6.45, 7) is 4.43. The van der Waals surface area contributed by atoms with Crippen molar-refractivity contribution in [3.63, 3.8) is 0 Å². The third-order valence-corrected chi connectivity index (χ3v) is 5.61. The van der Waals surface area contributed by atoms with Crippen LogP contribution in [0.15, 0.2) is 29.2 Å². The first-order valence-electron chi connectivity index (χ1n) is 9.52. The van der Waals surface area contributed by atoms with Gasteiger partial charge >= 0.3 is 29.6 Å². The van der Waals surface area contributed by atoms with Crippen LogP contribution >= 0.6 is 0 Å². The van der Waals surface area contributed by atoms with Gasteiger partial charge in [-0.3, -0.25) is 4.55 Å². The Bertz CT molecular complexity index is 547. The molecule has 0 fully saturated rings. The molecule has 1 aromatic carbocycles. The molecule has 1 unspecified atom stereocenters. The fraction of sp³-hybridized carbons (Fsp3) is 0.700. The summed E-state index contributed by atoms with van der Waals surface area (Å²) in [5.41, 5.74) is 1.14. The molecule has 0 aliphatic heterocycles. The van der Waals surface area contributed by atoms with Crippen molar-refractivity contribution in [2.45, 2.75) is 95.3 Å². The monoisotopic (exact) mass is 378 g/mol. The predicted octanol–water partition coefficient (Wildman–Crippen LogP) is 3.46. The first-order chi connectivity index (χ1) is 11.4. The fourth-order valence-electron chi connectivity index (χ4n) is 3.07. The zero-order valence-corrected chi connectivity index (χ0v) is 19.2. The van der Waals surface area contributed by atoms with Gasteiger partial charge in [-0.1, -0.05) is 90.2 Å². The van der Waals surface area contributed by atoms with Crippen molar-refractivity contribution in [2.75, 3.05) is 0 Å². The summed E-state index contributed by atoms with van der Waals surface area (Å²) in [6.07, 6.45) is 14.5. The van der Waals surface area contributed by atoms with Crippen LogP contribution in [0, 0.1) is 0 Å². The second kappa shape index (κ2) is 14.2. The summed E-state index contributed by atoms with van der Waals surface area (Å²) in [4.78, 5) is -0.0302. The van der Waals surface area contributed by atoms with Gasteiger partial charge in [-0.2, -0.15) is 8.42 Å². The normalized spacial score (nSPS) is 12.6. The van der Waals surface area contributed by atoms with Crippen LogP contribution in [0.3, 0.4) is 0 Å². The maximum atomic E-state index is 11.0. The molecule has 3 nitrogen and oxygen atoms in total. The molecule has 0 saturated carbocycles. The topological polar surface area (TPSA) is 54.4 Å². The quantitative estimate of drug-likeness (QED) is 0.325. The second-order valence-electron chi connectivity index (χ2n) is 6.92. The molecule has 1 atom stereocenters. The molecule has 0 aliphatic carbocycles. The Morgan fingerprint density at radius 1 is 0.880 bits per heavy atom. The average Bonchev–Trinajstić information content (AvgIpc) is 2.55. The summed E-state index contributed by atoms with van der Waals surface area (Å²) < 4.78 is 31.1. The Morgan fingerprint density at radius 3 is 1.76 bits per heavy atom. The molecule has 1 rings (SSSR count). The van der Waals surface area contributed by atoms with Gasteiger partial charge in [0.05, 0.1) is 4.90 Å². The first kappa shape index (κ1) is 25.1. The van der Waals surface area contributed by atoms with Gasteiger partial charge in [0.1, 0.15) is 0 Å². The van der Waals surface area contributed by atoms with Crippen LogP contribution in [0.4, 0.5) is 0 Å². The van der Waals surface area contributed by atoms with Crippen molar-refractivity contribution in [1.82, 2.24) is 0 Å². The van der Waals surface area contributed by atoms with Crippen LogP contribution in [0.2, 0.25) is 0 Å². The number of unbranched alkanes of at least 4 members (excludes halogenated alkanes) is 9. The predicted molar refractivity (Wildman–Crippen MR) is 102 cm³/mol. The van der Waals surface area contributed by atoms with Crippen molar-refractivity contribution in [3.8, 4) is 0 Å². The van der Waals surface area contributed by atoms with E-state index in [1.807, 2.05) is 12.1 Å². The first-order valence-corrected chi connectivity index (χ1v) is 11.0. The van der Waals surface area contributed by atoms with E-state index < -0.39 is 10.1 Å². The van der Waals surface area contributed by atoms with Gasteiger partial charge in [-0.25, -0.2) is 0 Å². The van der Waals surface area contributed by atoms with Gasteiger partial charge in [0, 0.05) is 0 Å². The third-order valence-electron chi connectivity index (χ3n) is 4.74. The van der Waals surface area contributed by atoms with Crippen LogP contribution in [0.5, 0.6) is 0 Å². The minimum Gasteiger partial charge on any atom is -1.00 e. The average molecular weight is 379 g/mol. The van der Waals surface area contributed by atoms with Gasteiger partial charge in [0.15, 0.2) is 0 Å². The van der Waals surface area contributed by atoms with Gasteiger partial charge < -0.3 is 1.43 Å². The minimum atomic E-state index is -4.08. The van der Waals surface area contributed by atoms with Crippen molar-refractivity contribution >= 4 is 10.1 Å². The molecule has 0 radical (unpaired) electrons. The molecule has 0 aromatic heterocycles. The van der Waals surface area contributed by atoms with E-state index >= 15 is 0 Å². The number of hydrogen-bond acceptors (Lipinski definition) is 2. The van der Waals surface area contributed by atoms with E-state index in [4.69, 9.17) is 4.55 Å². The Kier molecular flexibility index (Phi) is 14.3. The summed E-state index contributed by atoms with van der Waals surface area (Å²) in [5.74, 6) is 0.425. The van der Waals surface area contributed by atoms with Gasteiger partial charge in [0.2, 0.25) is 0 Å². The Morgan fingerprint density at radius 2 is 1.32 bits per heavy atom. The third kappa shape index (κ3) is 11.4. The Labute approximate surface area is 178 Å². The van der Waals surface area contributed by atoms with Crippen LogP contribution in [-0.2, 0) is 10.1 Å². The second-order valence-corrected chi connectivity index (χ2v) is 8.34. The van der Waals surface area contributed by atoms with Crippen LogP contribution < -0.4 is 29.6 Å². The summed E-state index contributed by atoms with van der Waals surface area (Å²) in [6, 6.07) is 6.59. The van der Waals surface area contributed by atoms with E-state index in [9.17, 15) is 8.42 Å². The maximum absolute atomic E-state index is 11.0. The van der Waals surface area contributed by atoms with E-state index in [1.165, 1.54) is 76.3 Å². The molecule has 25 heavy (non-hydrogen) atoms. The maximum Gasteiger partial charge on any atom is 1.00 e. The van der Waals surface area contributed by atoms with E-state index in [0.717, 1.165) is 12.0 Å². The van der Waals surface area contributed by atoms with Crippen molar-refractivity contribution in [3.05, 3.63) is 29.8 Å². The van der Waals surface area contributed by atoms with E-state index in [1.54, 1.807) is 0 Å². The number of benzene rings is 1. The summed E-state index contributed by atoms with van der Waals surface area (Å²) >= 11 is 0. The zero-order chi connectivity index (χ0) is 17.8. The molecule has 0 spiro atoms.